The Morgan fingerprint density at radius 1 is 1.14 bits per heavy atom. The maximum absolute atomic E-state index is 5.61. The third-order valence-electron chi connectivity index (χ3n) is 6.70. The zero-order chi connectivity index (χ0) is 19.9. The van der Waals surface area contributed by atoms with Gasteiger partial charge in [-0.05, 0) is 58.1 Å². The summed E-state index contributed by atoms with van der Waals surface area (Å²) in [4.78, 5) is 8.90. The van der Waals surface area contributed by atoms with Crippen molar-refractivity contribution in [1.82, 2.24) is 15.5 Å². The lowest BCUT2D eigenvalue weighted by Crippen LogP contribution is -2.52. The minimum Gasteiger partial charge on any atom is -0.381 e. The second-order valence-corrected chi connectivity index (χ2v) is 9.55. The highest BCUT2D eigenvalue weighted by atomic mass is 127. The van der Waals surface area contributed by atoms with Gasteiger partial charge in [-0.25, -0.2) is 0 Å². The van der Waals surface area contributed by atoms with Crippen molar-refractivity contribution in [2.45, 2.75) is 62.8 Å². The summed E-state index contributed by atoms with van der Waals surface area (Å²) in [5.74, 6) is 0.955. The van der Waals surface area contributed by atoms with Gasteiger partial charge in [0.25, 0.3) is 0 Å². The molecule has 5 nitrogen and oxygen atoms in total. The number of nitrogens with zero attached hydrogens (tertiary/aromatic N) is 2. The third-order valence-corrected chi connectivity index (χ3v) is 7.81. The largest absolute Gasteiger partial charge is 0.381 e. The molecule has 7 heteroatoms. The Labute approximate surface area is 198 Å². The zero-order valence-corrected chi connectivity index (χ0v) is 21.5. The summed E-state index contributed by atoms with van der Waals surface area (Å²) >= 11 is 1.91. The molecule has 2 N–H and O–H groups in total. The van der Waals surface area contributed by atoms with Gasteiger partial charge in [-0.3, -0.25) is 4.99 Å². The van der Waals surface area contributed by atoms with E-state index in [9.17, 15) is 0 Å². The lowest BCUT2D eigenvalue weighted by molar-refractivity contribution is -0.00255. The Bertz CT molecular complexity index is 608. The first-order chi connectivity index (χ1) is 13.6. The molecule has 0 spiro atoms. The number of rotatable bonds is 7. The fourth-order valence-electron chi connectivity index (χ4n) is 4.64. The van der Waals surface area contributed by atoms with Crippen LogP contribution >= 0.6 is 35.3 Å². The Morgan fingerprint density at radius 2 is 1.86 bits per heavy atom. The van der Waals surface area contributed by atoms with Gasteiger partial charge in [0, 0.05) is 42.1 Å². The first kappa shape index (κ1) is 24.9. The van der Waals surface area contributed by atoms with Gasteiger partial charge in [0.05, 0.1) is 6.54 Å². The summed E-state index contributed by atoms with van der Waals surface area (Å²) in [5.41, 5.74) is 0.372. The monoisotopic (exact) mass is 534 g/mol. The molecule has 1 aromatic heterocycles. The van der Waals surface area contributed by atoms with Crippen LogP contribution in [0, 0.1) is 0 Å². The van der Waals surface area contributed by atoms with Crippen LogP contribution in [0.4, 0.5) is 0 Å². The number of ether oxygens (including phenoxy) is 1. The first-order valence-electron chi connectivity index (χ1n) is 10.9. The molecule has 0 atom stereocenters. The molecule has 0 bridgehead atoms. The Kier molecular flexibility index (Phi) is 10.2. The van der Waals surface area contributed by atoms with E-state index in [1.165, 1.54) is 37.0 Å². The molecule has 0 radical (unpaired) electrons. The Hall–Kier alpha value is -0.380. The second-order valence-electron chi connectivity index (χ2n) is 8.60. The fraction of sp³-hybridized carbons (Fsp3) is 0.773. The van der Waals surface area contributed by atoms with E-state index in [-0.39, 0.29) is 34.9 Å². The van der Waals surface area contributed by atoms with E-state index in [0.29, 0.717) is 0 Å². The van der Waals surface area contributed by atoms with Crippen molar-refractivity contribution in [2.24, 2.45) is 4.99 Å². The predicted octanol–water partition coefficient (Wildman–Crippen LogP) is 4.23. The Balaban J connectivity index is 0.00000300. The van der Waals surface area contributed by atoms with Crippen molar-refractivity contribution in [3.05, 3.63) is 22.4 Å². The molecule has 2 heterocycles. The standard InChI is InChI=1S/C22H38N4OS.HI/c1-4-23-20(25-18-22(26(2)3)12-14-27-15-13-22)24-17-21(10-6-5-7-11-21)19-9-8-16-28-19;/h8-9,16H,4-7,10-15,17-18H2,1-3H3,(H2,23,24,25);1H. The third kappa shape index (κ3) is 6.31. The van der Waals surface area contributed by atoms with Crippen LogP contribution in [0.25, 0.3) is 0 Å². The average Bonchev–Trinajstić information content (AvgIpc) is 3.27. The molecular formula is C22H39IN4OS. The number of aliphatic imine (C=N–C) groups is 1. The summed E-state index contributed by atoms with van der Waals surface area (Å²) in [6.45, 7) is 6.47. The van der Waals surface area contributed by atoms with Gasteiger partial charge < -0.3 is 20.3 Å². The van der Waals surface area contributed by atoms with Gasteiger partial charge >= 0.3 is 0 Å². The summed E-state index contributed by atoms with van der Waals surface area (Å²) < 4.78 is 5.61. The van der Waals surface area contributed by atoms with E-state index >= 15 is 0 Å². The molecule has 1 aromatic rings. The van der Waals surface area contributed by atoms with Gasteiger partial charge in [0.1, 0.15) is 0 Å². The summed E-state index contributed by atoms with van der Waals surface area (Å²) in [7, 11) is 4.35. The molecule has 1 aliphatic carbocycles. The molecule has 166 valence electrons. The smallest absolute Gasteiger partial charge is 0.191 e. The number of nitrogens with one attached hydrogen (secondary N) is 2. The molecule has 2 aliphatic rings. The normalized spacial score (nSPS) is 21.4. The summed E-state index contributed by atoms with van der Waals surface area (Å²) in [5, 5.41) is 9.40. The topological polar surface area (TPSA) is 48.9 Å². The number of thiophene rings is 1. The number of guanidine groups is 1. The fourth-order valence-corrected chi connectivity index (χ4v) is 5.63. The van der Waals surface area contributed by atoms with Crippen molar-refractivity contribution < 1.29 is 4.74 Å². The highest BCUT2D eigenvalue weighted by Gasteiger charge is 2.36. The van der Waals surface area contributed by atoms with Crippen molar-refractivity contribution in [3.63, 3.8) is 0 Å². The minimum atomic E-state index is 0. The van der Waals surface area contributed by atoms with Crippen LogP contribution in [0.2, 0.25) is 0 Å². The van der Waals surface area contributed by atoms with Crippen LogP contribution in [0.1, 0.15) is 56.7 Å². The molecule has 0 aromatic carbocycles. The molecule has 1 aliphatic heterocycles. The zero-order valence-electron chi connectivity index (χ0n) is 18.3. The summed E-state index contributed by atoms with van der Waals surface area (Å²) in [6, 6.07) is 4.52. The van der Waals surface area contributed by atoms with E-state index in [4.69, 9.17) is 9.73 Å². The van der Waals surface area contributed by atoms with E-state index < -0.39 is 0 Å². The average molecular weight is 535 g/mol. The maximum atomic E-state index is 5.61. The van der Waals surface area contributed by atoms with Crippen molar-refractivity contribution >= 4 is 41.3 Å². The van der Waals surface area contributed by atoms with Gasteiger partial charge in [-0.15, -0.1) is 35.3 Å². The van der Waals surface area contributed by atoms with Crippen LogP contribution < -0.4 is 10.6 Å². The number of likely N-dealkylation sites (N-methyl/N-ethyl adjacent to an activating group) is 1. The lowest BCUT2D eigenvalue weighted by atomic mass is 9.73. The van der Waals surface area contributed by atoms with Crippen LogP contribution in [-0.2, 0) is 10.2 Å². The second kappa shape index (κ2) is 11.9. The molecular weight excluding hydrogens is 495 g/mol. The molecule has 1 saturated heterocycles. The maximum Gasteiger partial charge on any atom is 0.191 e. The van der Waals surface area contributed by atoms with Crippen LogP contribution in [0.5, 0.6) is 0 Å². The van der Waals surface area contributed by atoms with Crippen LogP contribution in [0.15, 0.2) is 22.5 Å². The molecule has 2 fully saturated rings. The van der Waals surface area contributed by atoms with E-state index in [1.807, 2.05) is 11.3 Å². The van der Waals surface area contributed by atoms with E-state index in [0.717, 1.165) is 51.6 Å². The van der Waals surface area contributed by atoms with Crippen molar-refractivity contribution in [3.8, 4) is 0 Å². The van der Waals surface area contributed by atoms with Gasteiger partial charge in [0.2, 0.25) is 0 Å². The molecule has 0 unspecified atom stereocenters. The van der Waals surface area contributed by atoms with E-state index in [2.05, 4.69) is 54.1 Å². The van der Waals surface area contributed by atoms with Crippen LogP contribution in [0.3, 0.4) is 0 Å². The van der Waals surface area contributed by atoms with Gasteiger partial charge in [-0.1, -0.05) is 25.3 Å². The first-order valence-corrected chi connectivity index (χ1v) is 11.8. The summed E-state index contributed by atoms with van der Waals surface area (Å²) in [6.07, 6.45) is 8.67. The Morgan fingerprint density at radius 3 is 2.45 bits per heavy atom. The molecule has 29 heavy (non-hydrogen) atoms. The van der Waals surface area contributed by atoms with Gasteiger partial charge in [-0.2, -0.15) is 0 Å². The lowest BCUT2D eigenvalue weighted by Gasteiger charge is -2.42. The highest BCUT2D eigenvalue weighted by Crippen LogP contribution is 2.41. The number of hydrogen-bond acceptors (Lipinski definition) is 4. The minimum absolute atomic E-state index is 0. The predicted molar refractivity (Wildman–Crippen MR) is 135 cm³/mol. The number of halogens is 1. The van der Waals surface area contributed by atoms with Crippen LogP contribution in [-0.4, -0.2) is 63.3 Å². The number of hydrogen-bond donors (Lipinski definition) is 2. The van der Waals surface area contributed by atoms with Crippen molar-refractivity contribution in [2.75, 3.05) is 46.9 Å². The van der Waals surface area contributed by atoms with Crippen molar-refractivity contribution in [1.29, 1.82) is 0 Å². The van der Waals surface area contributed by atoms with Gasteiger partial charge in [0.15, 0.2) is 5.96 Å². The molecule has 3 rings (SSSR count). The molecule has 1 saturated carbocycles. The quantitative estimate of drug-likeness (QED) is 0.312. The highest BCUT2D eigenvalue weighted by molar-refractivity contribution is 14.0. The van der Waals surface area contributed by atoms with E-state index in [1.54, 1.807) is 0 Å². The molecule has 0 amide bonds. The SMILES string of the molecule is CCNC(=NCC1(N(C)C)CCOCC1)NCC1(c2cccs2)CCCCC1.I.